The monoisotopic (exact) mass is 290 g/mol. The number of hydrogen-bond acceptors (Lipinski definition) is 3. The largest absolute Gasteiger partial charge is 0.402 e. The molecule has 4 nitrogen and oxygen atoms in total. The highest BCUT2D eigenvalue weighted by atomic mass is 32.2. The Bertz CT molecular complexity index is 555. The highest BCUT2D eigenvalue weighted by Gasteiger charge is 2.31. The molecule has 0 amide bonds. The third kappa shape index (κ3) is 3.53. The van der Waals surface area contributed by atoms with Gasteiger partial charge in [0, 0.05) is 6.07 Å². The number of sulfonamides is 1. The molecule has 1 aromatic carbocycles. The number of benzene rings is 1. The maximum atomic E-state index is 13.2. The Balaban J connectivity index is 3.10. The normalized spacial score (nSPS) is 12.7. The van der Waals surface area contributed by atoms with Crippen molar-refractivity contribution in [3.8, 4) is 0 Å². The molecule has 3 N–H and O–H groups in total. The molecule has 18 heavy (non-hydrogen) atoms. The van der Waals surface area contributed by atoms with E-state index in [1.807, 2.05) is 0 Å². The highest BCUT2D eigenvalue weighted by molar-refractivity contribution is 7.89. The smallest absolute Gasteiger partial charge is 0.396 e. The molecule has 0 saturated carbocycles. The molecule has 0 fully saturated rings. The maximum Gasteiger partial charge on any atom is 0.402 e. The van der Waals surface area contributed by atoms with E-state index in [4.69, 9.17) is 5.73 Å². The van der Waals surface area contributed by atoms with Crippen molar-refractivity contribution < 1.29 is 30.4 Å². The summed E-state index contributed by atoms with van der Waals surface area (Å²) in [5, 5.41) is 0. The number of anilines is 1. The van der Waals surface area contributed by atoms with Gasteiger partial charge in [-0.25, -0.2) is 21.9 Å². The van der Waals surface area contributed by atoms with Gasteiger partial charge in [0.1, 0.15) is 23.1 Å². The first-order chi connectivity index (χ1) is 8.03. The van der Waals surface area contributed by atoms with E-state index in [1.54, 1.807) is 0 Å². The van der Waals surface area contributed by atoms with Crippen LogP contribution >= 0.6 is 0 Å². The minimum atomic E-state index is -4.80. The summed E-state index contributed by atoms with van der Waals surface area (Å²) in [7, 11) is -4.76. The van der Waals surface area contributed by atoms with Gasteiger partial charge < -0.3 is 5.73 Å². The van der Waals surface area contributed by atoms with Gasteiger partial charge >= 0.3 is 6.18 Å². The van der Waals surface area contributed by atoms with Crippen molar-refractivity contribution in [1.29, 1.82) is 0 Å². The highest BCUT2D eigenvalue weighted by Crippen LogP contribution is 2.21. The van der Waals surface area contributed by atoms with Crippen LogP contribution in [0.4, 0.5) is 27.6 Å². The van der Waals surface area contributed by atoms with Gasteiger partial charge in [-0.3, -0.25) is 0 Å². The first-order valence-corrected chi connectivity index (χ1v) is 5.82. The minimum absolute atomic E-state index is 0.178. The van der Waals surface area contributed by atoms with Crippen molar-refractivity contribution in [2.24, 2.45) is 0 Å². The second-order valence-electron chi connectivity index (χ2n) is 3.24. The van der Waals surface area contributed by atoms with Crippen LogP contribution in [-0.2, 0) is 10.0 Å². The lowest BCUT2D eigenvalue weighted by Gasteiger charge is -2.10. The Morgan fingerprint density at radius 1 is 1.17 bits per heavy atom. The molecular formula is C8H7F5N2O2S. The molecule has 0 aliphatic carbocycles. The van der Waals surface area contributed by atoms with Crippen molar-refractivity contribution in [3.05, 3.63) is 23.8 Å². The maximum absolute atomic E-state index is 13.2. The van der Waals surface area contributed by atoms with Gasteiger partial charge in [-0.15, -0.1) is 0 Å². The molecule has 0 aromatic heterocycles. The molecule has 0 radical (unpaired) electrons. The number of hydrogen-bond donors (Lipinski definition) is 2. The zero-order valence-electron chi connectivity index (χ0n) is 8.55. The third-order valence-electron chi connectivity index (χ3n) is 1.80. The second-order valence-corrected chi connectivity index (χ2v) is 4.98. The van der Waals surface area contributed by atoms with Crippen LogP contribution in [0.3, 0.4) is 0 Å². The average Bonchev–Trinajstić information content (AvgIpc) is 2.19. The summed E-state index contributed by atoms with van der Waals surface area (Å²) in [6.45, 7) is -1.87. The van der Waals surface area contributed by atoms with E-state index in [9.17, 15) is 30.4 Å². The number of alkyl halides is 3. The van der Waals surface area contributed by atoms with Crippen molar-refractivity contribution >= 4 is 15.7 Å². The SMILES string of the molecule is Nc1cc(S(=O)(=O)NCC(F)(F)F)c(F)cc1F. The number of nitrogens with two attached hydrogens (primary N) is 1. The minimum Gasteiger partial charge on any atom is -0.396 e. The third-order valence-corrected chi connectivity index (χ3v) is 3.22. The molecule has 0 atom stereocenters. The number of nitrogens with one attached hydrogen (secondary N) is 1. The lowest BCUT2D eigenvalue weighted by molar-refractivity contribution is -0.121. The summed E-state index contributed by atoms with van der Waals surface area (Å²) in [4.78, 5) is -1.15. The van der Waals surface area contributed by atoms with Gasteiger partial charge in [-0.2, -0.15) is 13.2 Å². The molecule has 0 unspecified atom stereocenters. The molecule has 10 heteroatoms. The topological polar surface area (TPSA) is 72.2 Å². The number of rotatable bonds is 3. The summed E-state index contributed by atoms with van der Waals surface area (Å²) < 4.78 is 85.2. The Hall–Kier alpha value is -1.42. The summed E-state index contributed by atoms with van der Waals surface area (Å²) >= 11 is 0. The fourth-order valence-electron chi connectivity index (χ4n) is 1.01. The van der Waals surface area contributed by atoms with E-state index >= 15 is 0 Å². The Morgan fingerprint density at radius 2 is 1.72 bits per heavy atom. The zero-order chi connectivity index (χ0) is 14.1. The van der Waals surface area contributed by atoms with E-state index in [2.05, 4.69) is 0 Å². The van der Waals surface area contributed by atoms with Gasteiger partial charge in [0.2, 0.25) is 10.0 Å². The van der Waals surface area contributed by atoms with Crippen LogP contribution in [0.25, 0.3) is 0 Å². The van der Waals surface area contributed by atoms with E-state index in [0.717, 1.165) is 4.72 Å². The first kappa shape index (κ1) is 14.6. The van der Waals surface area contributed by atoms with Crippen LogP contribution in [0, 0.1) is 11.6 Å². The van der Waals surface area contributed by atoms with Crippen LogP contribution in [0.2, 0.25) is 0 Å². The van der Waals surface area contributed by atoms with Crippen LogP contribution in [0.1, 0.15) is 0 Å². The van der Waals surface area contributed by atoms with Gasteiger partial charge in [-0.1, -0.05) is 0 Å². The summed E-state index contributed by atoms with van der Waals surface area (Å²) in [6, 6.07) is 0.584. The fraction of sp³-hybridized carbons (Fsp3) is 0.250. The Kier molecular flexibility index (Phi) is 3.81. The summed E-state index contributed by atoms with van der Waals surface area (Å²) in [6.07, 6.45) is -4.80. The quantitative estimate of drug-likeness (QED) is 0.652. The standard InChI is InChI=1S/C8H7F5N2O2S/c9-4-1-5(10)7(2-6(4)14)18(16,17)15-3-8(11,12)13/h1-2,15H,3,14H2. The van der Waals surface area contributed by atoms with Crippen molar-refractivity contribution in [3.63, 3.8) is 0 Å². The second kappa shape index (κ2) is 4.69. The van der Waals surface area contributed by atoms with E-state index in [-0.39, 0.29) is 6.07 Å². The van der Waals surface area contributed by atoms with Gasteiger partial charge in [-0.05, 0) is 6.07 Å². The van der Waals surface area contributed by atoms with Gasteiger partial charge in [0.25, 0.3) is 0 Å². The molecule has 0 aliphatic heterocycles. The summed E-state index contributed by atoms with van der Waals surface area (Å²) in [5.41, 5.74) is 4.32. The predicted molar refractivity (Wildman–Crippen MR) is 52.0 cm³/mol. The molecule has 102 valence electrons. The molecule has 0 saturated heterocycles. The van der Waals surface area contributed by atoms with Gasteiger partial charge in [0.05, 0.1) is 5.69 Å². The number of nitrogen functional groups attached to an aromatic ring is 1. The van der Waals surface area contributed by atoms with Crippen LogP contribution in [0.15, 0.2) is 17.0 Å². The fourth-order valence-corrected chi connectivity index (χ4v) is 2.11. The molecule has 0 heterocycles. The van der Waals surface area contributed by atoms with Crippen LogP contribution < -0.4 is 10.5 Å². The Morgan fingerprint density at radius 3 is 2.22 bits per heavy atom. The van der Waals surface area contributed by atoms with Crippen molar-refractivity contribution in [2.75, 3.05) is 12.3 Å². The first-order valence-electron chi connectivity index (χ1n) is 4.34. The van der Waals surface area contributed by atoms with E-state index < -0.39 is 45.0 Å². The zero-order valence-corrected chi connectivity index (χ0v) is 9.37. The molecule has 0 aliphatic rings. The molecular weight excluding hydrogens is 283 g/mol. The predicted octanol–water partition coefficient (Wildman–Crippen LogP) is 1.39. The van der Waals surface area contributed by atoms with E-state index in [1.165, 1.54) is 0 Å². The van der Waals surface area contributed by atoms with Crippen molar-refractivity contribution in [1.82, 2.24) is 4.72 Å². The van der Waals surface area contributed by atoms with Gasteiger partial charge in [0.15, 0.2) is 0 Å². The molecule has 1 aromatic rings. The van der Waals surface area contributed by atoms with E-state index in [0.29, 0.717) is 6.07 Å². The van der Waals surface area contributed by atoms with Crippen LogP contribution in [-0.4, -0.2) is 21.1 Å². The summed E-state index contributed by atoms with van der Waals surface area (Å²) in [5.74, 6) is -2.74. The molecule has 1 rings (SSSR count). The molecule has 0 bridgehead atoms. The molecule has 0 spiro atoms. The average molecular weight is 290 g/mol. The Labute approximate surface area is 98.6 Å². The lowest BCUT2D eigenvalue weighted by Crippen LogP contribution is -2.34. The van der Waals surface area contributed by atoms with Crippen LogP contribution in [0.5, 0.6) is 0 Å². The lowest BCUT2D eigenvalue weighted by atomic mass is 10.3. The number of halogens is 5. The van der Waals surface area contributed by atoms with Crippen molar-refractivity contribution in [2.45, 2.75) is 11.1 Å².